The molecule has 0 atom stereocenters. The second kappa shape index (κ2) is 5.85. The summed E-state index contributed by atoms with van der Waals surface area (Å²) in [7, 11) is 0. The second-order valence-electron chi connectivity index (χ2n) is 5.58. The van der Waals surface area contributed by atoms with Crippen LogP contribution in [-0.4, -0.2) is 36.1 Å². The van der Waals surface area contributed by atoms with Crippen molar-refractivity contribution >= 4 is 0 Å². The standard InChI is InChI=1S/C14H23N3O/c1-5-15-6-2-13(1)14-9-16-17(11-14)10-12-3-7-18-8-4-12/h9,11-13,15H,1-8,10H2. The Morgan fingerprint density at radius 1 is 1.22 bits per heavy atom. The van der Waals surface area contributed by atoms with E-state index in [1.165, 1.54) is 31.2 Å². The van der Waals surface area contributed by atoms with Crippen molar-refractivity contribution in [3.8, 4) is 0 Å². The minimum atomic E-state index is 0.717. The molecule has 3 heterocycles. The molecule has 0 unspecified atom stereocenters. The average molecular weight is 249 g/mol. The van der Waals surface area contributed by atoms with E-state index in [0.29, 0.717) is 0 Å². The molecule has 0 saturated carbocycles. The molecule has 2 fully saturated rings. The maximum atomic E-state index is 5.40. The average Bonchev–Trinajstić information content (AvgIpc) is 2.89. The van der Waals surface area contributed by atoms with E-state index in [2.05, 4.69) is 27.5 Å². The molecule has 0 amide bonds. The Morgan fingerprint density at radius 2 is 2.00 bits per heavy atom. The third kappa shape index (κ3) is 2.93. The highest BCUT2D eigenvalue weighted by molar-refractivity contribution is 5.12. The van der Waals surface area contributed by atoms with Crippen molar-refractivity contribution in [1.82, 2.24) is 15.1 Å². The minimum Gasteiger partial charge on any atom is -0.381 e. The van der Waals surface area contributed by atoms with Crippen LogP contribution in [0.4, 0.5) is 0 Å². The molecule has 1 aromatic rings. The third-order valence-electron chi connectivity index (χ3n) is 4.25. The van der Waals surface area contributed by atoms with Crippen LogP contribution < -0.4 is 5.32 Å². The Morgan fingerprint density at radius 3 is 2.78 bits per heavy atom. The maximum absolute atomic E-state index is 5.40. The second-order valence-corrected chi connectivity index (χ2v) is 5.58. The van der Waals surface area contributed by atoms with E-state index in [4.69, 9.17) is 4.74 Å². The predicted octanol–water partition coefficient (Wildman–Crippen LogP) is 1.78. The number of hydrogen-bond acceptors (Lipinski definition) is 3. The molecular formula is C14H23N3O. The lowest BCUT2D eigenvalue weighted by molar-refractivity contribution is 0.0601. The minimum absolute atomic E-state index is 0.717. The number of nitrogens with zero attached hydrogens (tertiary/aromatic N) is 2. The lowest BCUT2D eigenvalue weighted by Crippen LogP contribution is -2.26. The Labute approximate surface area is 109 Å². The van der Waals surface area contributed by atoms with Gasteiger partial charge in [0.15, 0.2) is 0 Å². The van der Waals surface area contributed by atoms with Crippen molar-refractivity contribution in [1.29, 1.82) is 0 Å². The van der Waals surface area contributed by atoms with Crippen molar-refractivity contribution in [2.45, 2.75) is 38.1 Å². The molecule has 1 aromatic heterocycles. The summed E-state index contributed by atoms with van der Waals surface area (Å²) in [5, 5.41) is 7.96. The maximum Gasteiger partial charge on any atom is 0.0524 e. The van der Waals surface area contributed by atoms with Crippen molar-refractivity contribution in [3.05, 3.63) is 18.0 Å². The number of rotatable bonds is 3. The summed E-state index contributed by atoms with van der Waals surface area (Å²) in [6, 6.07) is 0. The van der Waals surface area contributed by atoms with Crippen LogP contribution in [0.5, 0.6) is 0 Å². The summed E-state index contributed by atoms with van der Waals surface area (Å²) in [4.78, 5) is 0. The van der Waals surface area contributed by atoms with Crippen LogP contribution in [0.3, 0.4) is 0 Å². The van der Waals surface area contributed by atoms with Gasteiger partial charge >= 0.3 is 0 Å². The van der Waals surface area contributed by atoms with Crippen LogP contribution in [-0.2, 0) is 11.3 Å². The summed E-state index contributed by atoms with van der Waals surface area (Å²) in [6.45, 7) is 5.21. The molecule has 1 N–H and O–H groups in total. The predicted molar refractivity (Wildman–Crippen MR) is 70.6 cm³/mol. The van der Waals surface area contributed by atoms with Crippen molar-refractivity contribution in [3.63, 3.8) is 0 Å². The van der Waals surface area contributed by atoms with Gasteiger partial charge in [-0.2, -0.15) is 5.10 Å². The van der Waals surface area contributed by atoms with Crippen LogP contribution in [0.15, 0.2) is 12.4 Å². The van der Waals surface area contributed by atoms with E-state index < -0.39 is 0 Å². The SMILES string of the molecule is c1nn(CC2CCOCC2)cc1C1CCNCC1. The zero-order valence-electron chi connectivity index (χ0n) is 11.0. The molecule has 2 aliphatic heterocycles. The van der Waals surface area contributed by atoms with E-state index in [9.17, 15) is 0 Å². The van der Waals surface area contributed by atoms with E-state index in [-0.39, 0.29) is 0 Å². The lowest BCUT2D eigenvalue weighted by Gasteiger charge is -2.22. The van der Waals surface area contributed by atoms with Gasteiger partial charge in [-0.15, -0.1) is 0 Å². The van der Waals surface area contributed by atoms with Gasteiger partial charge in [0, 0.05) is 26.0 Å². The monoisotopic (exact) mass is 249 g/mol. The number of piperidine rings is 1. The molecule has 0 spiro atoms. The summed E-state index contributed by atoms with van der Waals surface area (Å²) >= 11 is 0. The summed E-state index contributed by atoms with van der Waals surface area (Å²) in [6.07, 6.45) is 9.22. The van der Waals surface area contributed by atoms with Gasteiger partial charge in [0.25, 0.3) is 0 Å². The van der Waals surface area contributed by atoms with Crippen LogP contribution in [0.2, 0.25) is 0 Å². The molecule has 2 aliphatic rings. The molecule has 100 valence electrons. The molecule has 4 nitrogen and oxygen atoms in total. The van der Waals surface area contributed by atoms with Gasteiger partial charge in [-0.05, 0) is 56.2 Å². The molecule has 0 aromatic carbocycles. The fraction of sp³-hybridized carbons (Fsp3) is 0.786. The van der Waals surface area contributed by atoms with Gasteiger partial charge in [-0.3, -0.25) is 4.68 Å². The molecule has 4 heteroatoms. The van der Waals surface area contributed by atoms with Crippen molar-refractivity contribution < 1.29 is 4.74 Å². The zero-order valence-corrected chi connectivity index (χ0v) is 11.0. The number of ether oxygens (including phenoxy) is 1. The summed E-state index contributed by atoms with van der Waals surface area (Å²) in [5.74, 6) is 1.47. The highest BCUT2D eigenvalue weighted by Crippen LogP contribution is 2.25. The van der Waals surface area contributed by atoms with E-state index >= 15 is 0 Å². The zero-order chi connectivity index (χ0) is 12.2. The molecule has 0 aliphatic carbocycles. The van der Waals surface area contributed by atoms with Gasteiger partial charge < -0.3 is 10.1 Å². The number of nitrogens with one attached hydrogen (secondary N) is 1. The lowest BCUT2D eigenvalue weighted by atomic mass is 9.93. The Kier molecular flexibility index (Phi) is 3.96. The quantitative estimate of drug-likeness (QED) is 0.887. The Balaban J connectivity index is 1.58. The highest BCUT2D eigenvalue weighted by atomic mass is 16.5. The van der Waals surface area contributed by atoms with Gasteiger partial charge in [0.2, 0.25) is 0 Å². The molecule has 18 heavy (non-hydrogen) atoms. The summed E-state index contributed by atoms with van der Waals surface area (Å²) < 4.78 is 7.55. The van der Waals surface area contributed by atoms with Gasteiger partial charge in [-0.25, -0.2) is 0 Å². The topological polar surface area (TPSA) is 39.1 Å². The normalized spacial score (nSPS) is 23.3. The fourth-order valence-electron chi connectivity index (χ4n) is 3.04. The van der Waals surface area contributed by atoms with E-state index in [1.54, 1.807) is 0 Å². The Bertz CT molecular complexity index is 365. The Hall–Kier alpha value is -0.870. The molecule has 3 rings (SSSR count). The largest absolute Gasteiger partial charge is 0.381 e. The first-order valence-electron chi connectivity index (χ1n) is 7.22. The first-order chi connectivity index (χ1) is 8.92. The van der Waals surface area contributed by atoms with E-state index in [0.717, 1.165) is 44.7 Å². The third-order valence-corrected chi connectivity index (χ3v) is 4.25. The number of aromatic nitrogens is 2. The van der Waals surface area contributed by atoms with Crippen LogP contribution in [0, 0.1) is 5.92 Å². The van der Waals surface area contributed by atoms with E-state index in [1.807, 2.05) is 0 Å². The molecule has 0 radical (unpaired) electrons. The molecule has 0 bridgehead atoms. The van der Waals surface area contributed by atoms with Crippen LogP contribution in [0.1, 0.15) is 37.2 Å². The highest BCUT2D eigenvalue weighted by Gasteiger charge is 2.18. The van der Waals surface area contributed by atoms with Crippen LogP contribution >= 0.6 is 0 Å². The van der Waals surface area contributed by atoms with Gasteiger partial charge in [-0.1, -0.05) is 0 Å². The smallest absolute Gasteiger partial charge is 0.0524 e. The number of hydrogen-bond donors (Lipinski definition) is 1. The first kappa shape index (κ1) is 12.2. The molecule has 2 saturated heterocycles. The fourth-order valence-corrected chi connectivity index (χ4v) is 3.04. The van der Waals surface area contributed by atoms with Crippen molar-refractivity contribution in [2.75, 3.05) is 26.3 Å². The summed E-state index contributed by atoms with van der Waals surface area (Å²) in [5.41, 5.74) is 1.43. The van der Waals surface area contributed by atoms with Gasteiger partial charge in [0.05, 0.1) is 6.20 Å². The van der Waals surface area contributed by atoms with Crippen LogP contribution in [0.25, 0.3) is 0 Å². The molecular weight excluding hydrogens is 226 g/mol. The van der Waals surface area contributed by atoms with Crippen molar-refractivity contribution in [2.24, 2.45) is 5.92 Å². The van der Waals surface area contributed by atoms with Gasteiger partial charge in [0.1, 0.15) is 0 Å². The first-order valence-corrected chi connectivity index (χ1v) is 7.22.